The van der Waals surface area contributed by atoms with Gasteiger partial charge in [0.2, 0.25) is 5.91 Å². The molecule has 2 aliphatic rings. The van der Waals surface area contributed by atoms with Crippen molar-refractivity contribution in [1.82, 2.24) is 5.32 Å². The van der Waals surface area contributed by atoms with E-state index in [1.54, 1.807) is 0 Å². The van der Waals surface area contributed by atoms with E-state index < -0.39 is 0 Å². The average molecular weight is 303 g/mol. The molecule has 0 bridgehead atoms. The summed E-state index contributed by atoms with van der Waals surface area (Å²) in [5.74, 6) is 2.29. The van der Waals surface area contributed by atoms with Gasteiger partial charge in [0, 0.05) is 5.92 Å². The second-order valence-corrected chi connectivity index (χ2v) is 6.61. The second kappa shape index (κ2) is 6.59. The molecule has 120 valence electrons. The van der Waals surface area contributed by atoms with Gasteiger partial charge in [-0.15, -0.1) is 0 Å². The highest BCUT2D eigenvalue weighted by Crippen LogP contribution is 2.35. The largest absolute Gasteiger partial charge is 0.486 e. The average Bonchev–Trinajstić information content (AvgIpc) is 3.06. The first kappa shape index (κ1) is 15.2. The maximum absolute atomic E-state index is 12.5. The predicted molar refractivity (Wildman–Crippen MR) is 85.1 cm³/mol. The summed E-state index contributed by atoms with van der Waals surface area (Å²) in [6.45, 7) is 5.45. The zero-order valence-corrected chi connectivity index (χ0v) is 13.4. The van der Waals surface area contributed by atoms with Crippen molar-refractivity contribution >= 4 is 5.91 Å². The van der Waals surface area contributed by atoms with Crippen molar-refractivity contribution in [3.8, 4) is 11.5 Å². The highest BCUT2D eigenvalue weighted by molar-refractivity contribution is 5.79. The van der Waals surface area contributed by atoms with Crippen LogP contribution >= 0.6 is 0 Å². The molecule has 1 aromatic rings. The minimum absolute atomic E-state index is 0.0175. The lowest BCUT2D eigenvalue weighted by Gasteiger charge is -2.26. The number of fused-ring (bicyclic) bond motifs is 1. The van der Waals surface area contributed by atoms with Gasteiger partial charge in [0.1, 0.15) is 13.2 Å². The van der Waals surface area contributed by atoms with Gasteiger partial charge in [0.05, 0.1) is 6.04 Å². The van der Waals surface area contributed by atoms with Gasteiger partial charge >= 0.3 is 0 Å². The first-order valence-corrected chi connectivity index (χ1v) is 8.35. The van der Waals surface area contributed by atoms with Crippen LogP contribution in [0.25, 0.3) is 0 Å². The molecule has 4 heteroatoms. The topological polar surface area (TPSA) is 47.6 Å². The molecule has 0 spiro atoms. The fourth-order valence-corrected chi connectivity index (χ4v) is 3.35. The molecule has 1 atom stereocenters. The Morgan fingerprint density at radius 2 is 1.82 bits per heavy atom. The molecule has 1 heterocycles. The van der Waals surface area contributed by atoms with Crippen molar-refractivity contribution in [2.75, 3.05) is 13.2 Å². The first-order chi connectivity index (χ1) is 10.6. The third-order valence-corrected chi connectivity index (χ3v) is 4.62. The van der Waals surface area contributed by atoms with Gasteiger partial charge in [-0.1, -0.05) is 32.8 Å². The van der Waals surface area contributed by atoms with Crippen molar-refractivity contribution in [2.24, 2.45) is 11.8 Å². The Hall–Kier alpha value is -1.71. The summed E-state index contributed by atoms with van der Waals surface area (Å²) >= 11 is 0. The second-order valence-electron chi connectivity index (χ2n) is 6.61. The standard InChI is InChI=1S/C18H25NO3/c1-12(2)17(19-18(20)13-5-3-4-6-13)14-7-8-15-16(11-14)22-10-9-21-15/h7-8,11-13,17H,3-6,9-10H2,1-2H3,(H,19,20). The Kier molecular flexibility index (Phi) is 4.55. The van der Waals surface area contributed by atoms with E-state index in [-0.39, 0.29) is 17.9 Å². The van der Waals surface area contributed by atoms with E-state index in [0.29, 0.717) is 19.1 Å². The van der Waals surface area contributed by atoms with E-state index >= 15 is 0 Å². The lowest BCUT2D eigenvalue weighted by molar-refractivity contribution is -0.125. The quantitative estimate of drug-likeness (QED) is 0.926. The van der Waals surface area contributed by atoms with Crippen molar-refractivity contribution < 1.29 is 14.3 Å². The molecule has 1 aliphatic carbocycles. The van der Waals surface area contributed by atoms with Gasteiger partial charge in [0.25, 0.3) is 0 Å². The summed E-state index contributed by atoms with van der Waals surface area (Å²) in [6, 6.07) is 6.01. The molecule has 0 saturated heterocycles. The molecule has 0 radical (unpaired) electrons. The fraction of sp³-hybridized carbons (Fsp3) is 0.611. The first-order valence-electron chi connectivity index (χ1n) is 8.35. The van der Waals surface area contributed by atoms with Gasteiger partial charge in [-0.25, -0.2) is 0 Å². The molecular formula is C18H25NO3. The van der Waals surface area contributed by atoms with Crippen LogP contribution in [-0.2, 0) is 4.79 Å². The number of ether oxygens (including phenoxy) is 2. The molecule has 1 unspecified atom stereocenters. The lowest BCUT2D eigenvalue weighted by Crippen LogP contribution is -2.35. The van der Waals surface area contributed by atoms with Crippen LogP contribution in [0.4, 0.5) is 0 Å². The molecule has 1 amide bonds. The minimum atomic E-state index is 0.0175. The molecule has 1 aliphatic heterocycles. The number of benzene rings is 1. The molecular weight excluding hydrogens is 278 g/mol. The Morgan fingerprint density at radius 3 is 2.50 bits per heavy atom. The van der Waals surface area contributed by atoms with Crippen LogP contribution < -0.4 is 14.8 Å². The Labute approximate surface area is 132 Å². The number of carbonyl (C=O) groups excluding carboxylic acids is 1. The zero-order chi connectivity index (χ0) is 15.5. The smallest absolute Gasteiger partial charge is 0.223 e. The third-order valence-electron chi connectivity index (χ3n) is 4.62. The van der Waals surface area contributed by atoms with Crippen molar-refractivity contribution in [2.45, 2.75) is 45.6 Å². The molecule has 1 fully saturated rings. The lowest BCUT2D eigenvalue weighted by atomic mass is 9.94. The van der Waals surface area contributed by atoms with Crippen LogP contribution in [0, 0.1) is 11.8 Å². The number of carbonyl (C=O) groups is 1. The van der Waals surface area contributed by atoms with Crippen LogP contribution in [0.5, 0.6) is 11.5 Å². The summed E-state index contributed by atoms with van der Waals surface area (Å²) in [6.07, 6.45) is 4.40. The predicted octanol–water partition coefficient (Wildman–Crippen LogP) is 3.46. The van der Waals surface area contributed by atoms with Crippen LogP contribution in [-0.4, -0.2) is 19.1 Å². The molecule has 0 aromatic heterocycles. The molecule has 1 aromatic carbocycles. The zero-order valence-electron chi connectivity index (χ0n) is 13.4. The fourth-order valence-electron chi connectivity index (χ4n) is 3.35. The van der Waals surface area contributed by atoms with Crippen LogP contribution in [0.2, 0.25) is 0 Å². The number of hydrogen-bond acceptors (Lipinski definition) is 3. The number of rotatable bonds is 4. The monoisotopic (exact) mass is 303 g/mol. The summed E-state index contributed by atoms with van der Waals surface area (Å²) in [5, 5.41) is 3.25. The van der Waals surface area contributed by atoms with E-state index in [2.05, 4.69) is 19.2 Å². The summed E-state index contributed by atoms with van der Waals surface area (Å²) in [4.78, 5) is 12.5. The highest BCUT2D eigenvalue weighted by atomic mass is 16.6. The van der Waals surface area contributed by atoms with Crippen molar-refractivity contribution in [1.29, 1.82) is 0 Å². The van der Waals surface area contributed by atoms with E-state index in [9.17, 15) is 4.79 Å². The van der Waals surface area contributed by atoms with Gasteiger partial charge in [-0.2, -0.15) is 0 Å². The van der Waals surface area contributed by atoms with Gasteiger partial charge in [0.15, 0.2) is 11.5 Å². The summed E-state index contributed by atoms with van der Waals surface area (Å²) in [5.41, 5.74) is 1.09. The number of amides is 1. The molecule has 4 nitrogen and oxygen atoms in total. The normalized spacial score (nSPS) is 19.2. The Balaban J connectivity index is 1.77. The summed E-state index contributed by atoms with van der Waals surface area (Å²) in [7, 11) is 0. The van der Waals surface area contributed by atoms with E-state index in [0.717, 1.165) is 29.9 Å². The molecule has 1 N–H and O–H groups in total. The van der Waals surface area contributed by atoms with Crippen LogP contribution in [0.3, 0.4) is 0 Å². The van der Waals surface area contributed by atoms with Crippen LogP contribution in [0.1, 0.15) is 51.1 Å². The van der Waals surface area contributed by atoms with E-state index in [1.807, 2.05) is 18.2 Å². The van der Waals surface area contributed by atoms with E-state index in [1.165, 1.54) is 12.8 Å². The molecule has 3 rings (SSSR count). The number of nitrogens with one attached hydrogen (secondary N) is 1. The maximum Gasteiger partial charge on any atom is 0.223 e. The van der Waals surface area contributed by atoms with E-state index in [4.69, 9.17) is 9.47 Å². The number of hydrogen-bond donors (Lipinski definition) is 1. The Morgan fingerprint density at radius 1 is 1.14 bits per heavy atom. The maximum atomic E-state index is 12.5. The minimum Gasteiger partial charge on any atom is -0.486 e. The third kappa shape index (κ3) is 3.21. The molecule has 1 saturated carbocycles. The van der Waals surface area contributed by atoms with Crippen LogP contribution in [0.15, 0.2) is 18.2 Å². The summed E-state index contributed by atoms with van der Waals surface area (Å²) < 4.78 is 11.2. The highest BCUT2D eigenvalue weighted by Gasteiger charge is 2.27. The van der Waals surface area contributed by atoms with Gasteiger partial charge in [-0.3, -0.25) is 4.79 Å². The molecule has 22 heavy (non-hydrogen) atoms. The van der Waals surface area contributed by atoms with Gasteiger partial charge < -0.3 is 14.8 Å². The van der Waals surface area contributed by atoms with Gasteiger partial charge in [-0.05, 0) is 36.5 Å². The SMILES string of the molecule is CC(C)C(NC(=O)C1CCCC1)c1ccc2c(c1)OCCO2. The van der Waals surface area contributed by atoms with Crippen molar-refractivity contribution in [3.63, 3.8) is 0 Å². The Bertz CT molecular complexity index is 535. The van der Waals surface area contributed by atoms with Crippen molar-refractivity contribution in [3.05, 3.63) is 23.8 Å².